The molecule has 0 spiro atoms. The number of H-pyrrole nitrogens is 1. The molecule has 1 aromatic rings. The third-order valence-electron chi connectivity index (χ3n) is 3.19. The van der Waals surface area contributed by atoms with Crippen LogP contribution in [0.5, 0.6) is 0 Å². The van der Waals surface area contributed by atoms with Crippen molar-refractivity contribution in [3.63, 3.8) is 0 Å². The van der Waals surface area contributed by atoms with Gasteiger partial charge in [-0.15, -0.1) is 0 Å². The van der Waals surface area contributed by atoms with E-state index in [1.165, 1.54) is 6.07 Å². The standard InChI is InChI=1S/C14H20N2O3/c1-9-10-5-6-12(17)15-11(10)7-8-16(9)13(18)19-14(2,3)4/h5-6,9H,7-8H2,1-4H3,(H,15,17)/t9-/m1/s1. The van der Waals surface area contributed by atoms with E-state index in [0.29, 0.717) is 13.0 Å². The first kappa shape index (κ1) is 13.6. The number of fused-ring (bicyclic) bond motifs is 1. The molecule has 1 amide bonds. The van der Waals surface area contributed by atoms with Gasteiger partial charge in [0.15, 0.2) is 0 Å². The van der Waals surface area contributed by atoms with Gasteiger partial charge in [0, 0.05) is 24.7 Å². The van der Waals surface area contributed by atoms with Gasteiger partial charge >= 0.3 is 6.09 Å². The van der Waals surface area contributed by atoms with Gasteiger partial charge in [0.05, 0.1) is 6.04 Å². The van der Waals surface area contributed by atoms with Crippen molar-refractivity contribution in [1.82, 2.24) is 9.88 Å². The third kappa shape index (κ3) is 2.97. The minimum absolute atomic E-state index is 0.0875. The summed E-state index contributed by atoms with van der Waals surface area (Å²) >= 11 is 0. The van der Waals surface area contributed by atoms with E-state index in [1.807, 2.05) is 27.7 Å². The zero-order valence-electron chi connectivity index (χ0n) is 11.8. The van der Waals surface area contributed by atoms with Crippen molar-refractivity contribution in [3.8, 4) is 0 Å². The molecular weight excluding hydrogens is 244 g/mol. The van der Waals surface area contributed by atoms with E-state index in [-0.39, 0.29) is 17.7 Å². The molecule has 5 nitrogen and oxygen atoms in total. The van der Waals surface area contributed by atoms with Crippen LogP contribution in [0.15, 0.2) is 16.9 Å². The van der Waals surface area contributed by atoms with Crippen LogP contribution in [0.4, 0.5) is 4.79 Å². The lowest BCUT2D eigenvalue weighted by Crippen LogP contribution is -2.42. The van der Waals surface area contributed by atoms with Crippen LogP contribution in [-0.2, 0) is 11.2 Å². The second kappa shape index (κ2) is 4.72. The van der Waals surface area contributed by atoms with Crippen LogP contribution in [0.1, 0.15) is 45.0 Å². The SMILES string of the molecule is C[C@@H]1c2ccc(=O)[nH]c2CCN1C(=O)OC(C)(C)C. The Kier molecular flexibility index (Phi) is 3.39. The minimum Gasteiger partial charge on any atom is -0.444 e. The van der Waals surface area contributed by atoms with Crippen molar-refractivity contribution in [2.75, 3.05) is 6.54 Å². The Labute approximate surface area is 112 Å². The predicted molar refractivity (Wildman–Crippen MR) is 72.1 cm³/mol. The maximum atomic E-state index is 12.1. The molecule has 1 aliphatic heterocycles. The van der Waals surface area contributed by atoms with E-state index in [4.69, 9.17) is 4.74 Å². The number of ether oxygens (including phenoxy) is 1. The van der Waals surface area contributed by atoms with E-state index in [0.717, 1.165) is 11.3 Å². The number of nitrogens with zero attached hydrogens (tertiary/aromatic N) is 1. The van der Waals surface area contributed by atoms with Crippen LogP contribution >= 0.6 is 0 Å². The lowest BCUT2D eigenvalue weighted by Gasteiger charge is -2.35. The number of amides is 1. The summed E-state index contributed by atoms with van der Waals surface area (Å²) < 4.78 is 5.40. The smallest absolute Gasteiger partial charge is 0.410 e. The molecule has 2 heterocycles. The second-order valence-corrected chi connectivity index (χ2v) is 5.86. The number of aromatic amines is 1. The molecule has 0 fully saturated rings. The monoisotopic (exact) mass is 264 g/mol. The van der Waals surface area contributed by atoms with Gasteiger partial charge in [-0.3, -0.25) is 4.79 Å². The molecule has 0 aromatic carbocycles. The highest BCUT2D eigenvalue weighted by molar-refractivity contribution is 5.69. The number of pyridine rings is 1. The first-order valence-electron chi connectivity index (χ1n) is 6.49. The van der Waals surface area contributed by atoms with Gasteiger partial charge in [-0.1, -0.05) is 0 Å². The van der Waals surface area contributed by atoms with Crippen molar-refractivity contribution in [1.29, 1.82) is 0 Å². The number of carbonyl (C=O) groups excluding carboxylic acids is 1. The fraction of sp³-hybridized carbons (Fsp3) is 0.571. The first-order chi connectivity index (χ1) is 8.78. The number of carbonyl (C=O) groups is 1. The Balaban J connectivity index is 2.22. The number of hydrogen-bond donors (Lipinski definition) is 1. The highest BCUT2D eigenvalue weighted by Crippen LogP contribution is 2.28. The van der Waals surface area contributed by atoms with Gasteiger partial charge in [0.25, 0.3) is 0 Å². The Morgan fingerprint density at radius 1 is 1.42 bits per heavy atom. The van der Waals surface area contributed by atoms with E-state index in [1.54, 1.807) is 11.0 Å². The van der Waals surface area contributed by atoms with Crippen LogP contribution in [0.25, 0.3) is 0 Å². The number of aromatic nitrogens is 1. The molecule has 0 saturated carbocycles. The zero-order chi connectivity index (χ0) is 14.2. The average Bonchev–Trinajstić information content (AvgIpc) is 2.26. The summed E-state index contributed by atoms with van der Waals surface area (Å²) in [4.78, 5) is 28.0. The molecule has 0 unspecified atom stereocenters. The van der Waals surface area contributed by atoms with Crippen LogP contribution in [0.2, 0.25) is 0 Å². The molecular formula is C14H20N2O3. The maximum absolute atomic E-state index is 12.1. The molecule has 19 heavy (non-hydrogen) atoms. The van der Waals surface area contributed by atoms with Crippen LogP contribution in [-0.4, -0.2) is 28.1 Å². The van der Waals surface area contributed by atoms with E-state index in [2.05, 4.69) is 4.98 Å². The number of hydrogen-bond acceptors (Lipinski definition) is 3. The van der Waals surface area contributed by atoms with E-state index < -0.39 is 5.60 Å². The average molecular weight is 264 g/mol. The summed E-state index contributed by atoms with van der Waals surface area (Å²) in [6, 6.07) is 3.19. The van der Waals surface area contributed by atoms with E-state index >= 15 is 0 Å². The largest absolute Gasteiger partial charge is 0.444 e. The molecule has 0 aliphatic carbocycles. The molecule has 2 rings (SSSR count). The molecule has 0 saturated heterocycles. The van der Waals surface area contributed by atoms with Gasteiger partial charge < -0.3 is 14.6 Å². The van der Waals surface area contributed by atoms with Crippen molar-refractivity contribution < 1.29 is 9.53 Å². The summed E-state index contributed by atoms with van der Waals surface area (Å²) in [7, 11) is 0. The van der Waals surface area contributed by atoms with Crippen molar-refractivity contribution in [2.45, 2.75) is 45.8 Å². The quantitative estimate of drug-likeness (QED) is 0.781. The normalized spacial score (nSPS) is 18.9. The molecule has 1 N–H and O–H groups in total. The Morgan fingerprint density at radius 3 is 2.74 bits per heavy atom. The molecule has 5 heteroatoms. The first-order valence-corrected chi connectivity index (χ1v) is 6.49. The van der Waals surface area contributed by atoms with Crippen LogP contribution < -0.4 is 5.56 Å². The lowest BCUT2D eigenvalue weighted by atomic mass is 9.99. The molecule has 0 radical (unpaired) electrons. The van der Waals surface area contributed by atoms with Crippen LogP contribution in [0.3, 0.4) is 0 Å². The Bertz CT molecular complexity index is 542. The predicted octanol–water partition coefficient (Wildman–Crippen LogP) is 2.23. The van der Waals surface area contributed by atoms with E-state index in [9.17, 15) is 9.59 Å². The number of rotatable bonds is 0. The minimum atomic E-state index is -0.498. The highest BCUT2D eigenvalue weighted by atomic mass is 16.6. The Hall–Kier alpha value is -1.78. The fourth-order valence-corrected chi connectivity index (χ4v) is 2.29. The van der Waals surface area contributed by atoms with Gasteiger partial charge in [-0.05, 0) is 39.3 Å². The topological polar surface area (TPSA) is 62.4 Å². The second-order valence-electron chi connectivity index (χ2n) is 5.86. The van der Waals surface area contributed by atoms with Crippen molar-refractivity contribution >= 4 is 6.09 Å². The Morgan fingerprint density at radius 2 is 2.11 bits per heavy atom. The van der Waals surface area contributed by atoms with Crippen molar-refractivity contribution in [2.24, 2.45) is 0 Å². The lowest BCUT2D eigenvalue weighted by molar-refractivity contribution is 0.0158. The summed E-state index contributed by atoms with van der Waals surface area (Å²) in [6.45, 7) is 8.06. The molecule has 1 aromatic heterocycles. The van der Waals surface area contributed by atoms with Gasteiger partial charge in [-0.25, -0.2) is 4.79 Å². The molecule has 104 valence electrons. The van der Waals surface area contributed by atoms with Gasteiger partial charge in [0.2, 0.25) is 5.56 Å². The highest BCUT2D eigenvalue weighted by Gasteiger charge is 2.31. The van der Waals surface area contributed by atoms with Gasteiger partial charge in [0.1, 0.15) is 5.60 Å². The van der Waals surface area contributed by atoms with Crippen molar-refractivity contribution in [3.05, 3.63) is 33.7 Å². The summed E-state index contributed by atoms with van der Waals surface area (Å²) in [5.41, 5.74) is 1.30. The fourth-order valence-electron chi connectivity index (χ4n) is 2.29. The molecule has 0 bridgehead atoms. The summed E-state index contributed by atoms with van der Waals surface area (Å²) in [6.07, 6.45) is 0.339. The van der Waals surface area contributed by atoms with Crippen LogP contribution in [0, 0.1) is 0 Å². The molecule has 1 atom stereocenters. The summed E-state index contributed by atoms with van der Waals surface area (Å²) in [5.74, 6) is 0. The summed E-state index contributed by atoms with van der Waals surface area (Å²) in [5, 5.41) is 0. The number of nitrogens with one attached hydrogen (secondary N) is 1. The third-order valence-corrected chi connectivity index (χ3v) is 3.19. The maximum Gasteiger partial charge on any atom is 0.410 e. The van der Waals surface area contributed by atoms with Gasteiger partial charge in [-0.2, -0.15) is 0 Å². The molecule has 1 aliphatic rings. The zero-order valence-corrected chi connectivity index (χ0v) is 11.8.